The number of carbonyl (C=O) groups excluding carboxylic acids is 1. The molecule has 0 aliphatic heterocycles. The molecule has 0 saturated heterocycles. The summed E-state index contributed by atoms with van der Waals surface area (Å²) in [6, 6.07) is 4.71. The lowest BCUT2D eigenvalue weighted by molar-refractivity contribution is -0.138. The zero-order chi connectivity index (χ0) is 14.8. The first-order chi connectivity index (χ1) is 8.64. The predicted molar refractivity (Wildman–Crippen MR) is 74.9 cm³/mol. The summed E-state index contributed by atoms with van der Waals surface area (Å²) in [6.45, 7) is 4.83. The highest BCUT2D eigenvalue weighted by Gasteiger charge is 2.31. The van der Waals surface area contributed by atoms with Crippen LogP contribution < -0.4 is 0 Å². The number of hydrogen-bond acceptors (Lipinski definition) is 2. The van der Waals surface area contributed by atoms with Crippen LogP contribution in [0.1, 0.15) is 31.1 Å². The Bertz CT molecular complexity index is 489. The van der Waals surface area contributed by atoms with Crippen molar-refractivity contribution in [2.24, 2.45) is 0 Å². The molecule has 0 radical (unpaired) electrons. The smallest absolute Gasteiger partial charge is 0.323 e. The summed E-state index contributed by atoms with van der Waals surface area (Å²) < 4.78 is 0. The molecule has 0 aliphatic rings. The van der Waals surface area contributed by atoms with Gasteiger partial charge >= 0.3 is 5.97 Å². The van der Waals surface area contributed by atoms with E-state index in [9.17, 15) is 9.59 Å². The highest BCUT2D eigenvalue weighted by molar-refractivity contribution is 6.39. The second-order valence-corrected chi connectivity index (χ2v) is 5.87. The third kappa shape index (κ3) is 3.85. The second kappa shape index (κ2) is 5.80. The number of carbonyl (C=O) groups is 2. The molecule has 0 spiro atoms. The van der Waals surface area contributed by atoms with Crippen molar-refractivity contribution in [3.63, 3.8) is 0 Å². The van der Waals surface area contributed by atoms with E-state index in [-0.39, 0.29) is 15.6 Å². The number of benzene rings is 1. The molecule has 0 unspecified atom stereocenters. The van der Waals surface area contributed by atoms with Crippen molar-refractivity contribution < 1.29 is 14.7 Å². The lowest BCUT2D eigenvalue weighted by Gasteiger charge is -2.34. The zero-order valence-electron chi connectivity index (χ0n) is 10.9. The van der Waals surface area contributed by atoms with Crippen molar-refractivity contribution in [2.75, 3.05) is 6.54 Å². The number of carboxylic acids is 1. The third-order valence-electron chi connectivity index (χ3n) is 2.52. The Morgan fingerprint density at radius 1 is 1.21 bits per heavy atom. The normalized spacial score (nSPS) is 11.2. The molecule has 1 amide bonds. The number of hydrogen-bond donors (Lipinski definition) is 1. The summed E-state index contributed by atoms with van der Waals surface area (Å²) in [6.07, 6.45) is 0. The van der Waals surface area contributed by atoms with Gasteiger partial charge in [-0.05, 0) is 32.9 Å². The number of aliphatic carboxylic acids is 1. The summed E-state index contributed by atoms with van der Waals surface area (Å²) in [4.78, 5) is 24.6. The number of rotatable bonds is 3. The Hall–Kier alpha value is -1.26. The topological polar surface area (TPSA) is 57.6 Å². The minimum atomic E-state index is -1.09. The summed E-state index contributed by atoms with van der Waals surface area (Å²) >= 11 is 12.0. The van der Waals surface area contributed by atoms with Crippen LogP contribution in [0.5, 0.6) is 0 Å². The van der Waals surface area contributed by atoms with Crippen LogP contribution in [0.4, 0.5) is 0 Å². The minimum Gasteiger partial charge on any atom is -0.480 e. The second-order valence-electron chi connectivity index (χ2n) is 5.05. The highest BCUT2D eigenvalue weighted by atomic mass is 35.5. The molecule has 4 nitrogen and oxygen atoms in total. The molecule has 1 rings (SSSR count). The number of nitrogens with zero attached hydrogens (tertiary/aromatic N) is 1. The fourth-order valence-electron chi connectivity index (χ4n) is 1.59. The van der Waals surface area contributed by atoms with Crippen LogP contribution in [-0.4, -0.2) is 34.0 Å². The van der Waals surface area contributed by atoms with Gasteiger partial charge in [0, 0.05) is 5.54 Å². The monoisotopic (exact) mass is 303 g/mol. The molecule has 0 fully saturated rings. The van der Waals surface area contributed by atoms with Crippen LogP contribution in [0.15, 0.2) is 18.2 Å². The molecule has 0 atom stereocenters. The van der Waals surface area contributed by atoms with Gasteiger partial charge in [0.05, 0.1) is 15.6 Å². The molecule has 0 aromatic heterocycles. The van der Waals surface area contributed by atoms with E-state index in [1.165, 1.54) is 4.90 Å². The molecular formula is C13H15Cl2NO3. The SMILES string of the molecule is CC(C)(C)N(CC(=O)O)C(=O)c1c(Cl)cccc1Cl. The van der Waals surface area contributed by atoms with E-state index in [1.54, 1.807) is 39.0 Å². The minimum absolute atomic E-state index is 0.127. The Kier molecular flexibility index (Phi) is 4.82. The van der Waals surface area contributed by atoms with Gasteiger partial charge in [0.2, 0.25) is 0 Å². The molecule has 6 heteroatoms. The van der Waals surface area contributed by atoms with E-state index in [4.69, 9.17) is 28.3 Å². The van der Waals surface area contributed by atoms with E-state index in [0.717, 1.165) is 0 Å². The van der Waals surface area contributed by atoms with Crippen LogP contribution >= 0.6 is 23.2 Å². The molecule has 0 bridgehead atoms. The Labute approximate surface area is 121 Å². The van der Waals surface area contributed by atoms with Gasteiger partial charge in [-0.25, -0.2) is 0 Å². The zero-order valence-corrected chi connectivity index (χ0v) is 12.4. The summed E-state index contributed by atoms with van der Waals surface area (Å²) in [5.74, 6) is -1.59. The molecule has 1 N–H and O–H groups in total. The molecule has 0 aliphatic carbocycles. The van der Waals surface area contributed by atoms with Crippen LogP contribution in [0.25, 0.3) is 0 Å². The van der Waals surface area contributed by atoms with Crippen LogP contribution in [0.3, 0.4) is 0 Å². The van der Waals surface area contributed by atoms with Crippen molar-refractivity contribution in [1.29, 1.82) is 0 Å². The lowest BCUT2D eigenvalue weighted by atomic mass is 10.0. The average Bonchev–Trinajstić information content (AvgIpc) is 2.23. The van der Waals surface area contributed by atoms with Crippen molar-refractivity contribution in [3.05, 3.63) is 33.8 Å². The maximum absolute atomic E-state index is 12.5. The molecular weight excluding hydrogens is 289 g/mol. The van der Waals surface area contributed by atoms with Crippen molar-refractivity contribution in [3.8, 4) is 0 Å². The third-order valence-corrected chi connectivity index (χ3v) is 3.15. The van der Waals surface area contributed by atoms with E-state index in [2.05, 4.69) is 0 Å². The Morgan fingerprint density at radius 2 is 1.68 bits per heavy atom. The summed E-state index contributed by atoms with van der Waals surface area (Å²) in [5.41, 5.74) is -0.528. The van der Waals surface area contributed by atoms with Gasteiger partial charge in [0.25, 0.3) is 5.91 Å². The Balaban J connectivity index is 3.24. The van der Waals surface area contributed by atoms with E-state index >= 15 is 0 Å². The largest absolute Gasteiger partial charge is 0.480 e. The first-order valence-corrected chi connectivity index (χ1v) is 6.38. The Morgan fingerprint density at radius 3 is 2.05 bits per heavy atom. The standard InChI is InChI=1S/C13H15Cl2NO3/c1-13(2,3)16(7-10(17)18)12(19)11-8(14)5-4-6-9(11)15/h4-6H,7H2,1-3H3,(H,17,18). The molecule has 0 heterocycles. The van der Waals surface area contributed by atoms with Crippen molar-refractivity contribution in [1.82, 2.24) is 4.90 Å². The number of halogens is 2. The quantitative estimate of drug-likeness (QED) is 0.932. The molecule has 1 aromatic carbocycles. The van der Waals surface area contributed by atoms with E-state index in [0.29, 0.717) is 0 Å². The number of amides is 1. The van der Waals surface area contributed by atoms with Crippen LogP contribution in [0.2, 0.25) is 10.0 Å². The van der Waals surface area contributed by atoms with E-state index < -0.39 is 24.0 Å². The van der Waals surface area contributed by atoms with Gasteiger partial charge in [0.15, 0.2) is 0 Å². The first kappa shape index (κ1) is 15.8. The fourth-order valence-corrected chi connectivity index (χ4v) is 2.15. The summed E-state index contributed by atoms with van der Waals surface area (Å²) in [7, 11) is 0. The van der Waals surface area contributed by atoms with Gasteiger partial charge in [-0.2, -0.15) is 0 Å². The maximum atomic E-state index is 12.5. The predicted octanol–water partition coefficient (Wildman–Crippen LogP) is 3.32. The maximum Gasteiger partial charge on any atom is 0.323 e. The van der Waals surface area contributed by atoms with Crippen molar-refractivity contribution in [2.45, 2.75) is 26.3 Å². The molecule has 0 saturated carbocycles. The average molecular weight is 304 g/mol. The summed E-state index contributed by atoms with van der Waals surface area (Å²) in [5, 5.41) is 9.33. The van der Waals surface area contributed by atoms with Gasteiger partial charge in [-0.15, -0.1) is 0 Å². The molecule has 1 aromatic rings. The van der Waals surface area contributed by atoms with Gasteiger partial charge in [0.1, 0.15) is 6.54 Å². The van der Waals surface area contributed by atoms with E-state index in [1.807, 2.05) is 0 Å². The lowest BCUT2D eigenvalue weighted by Crippen LogP contribution is -2.48. The first-order valence-electron chi connectivity index (χ1n) is 5.62. The van der Waals surface area contributed by atoms with Crippen LogP contribution in [-0.2, 0) is 4.79 Å². The highest BCUT2D eigenvalue weighted by Crippen LogP contribution is 2.28. The van der Waals surface area contributed by atoms with Crippen LogP contribution in [0, 0.1) is 0 Å². The van der Waals surface area contributed by atoms with Crippen molar-refractivity contribution >= 4 is 35.1 Å². The fraction of sp³-hybridized carbons (Fsp3) is 0.385. The number of carboxylic acid groups (broad SMARTS) is 1. The molecule has 19 heavy (non-hydrogen) atoms. The van der Waals surface area contributed by atoms with Gasteiger partial charge in [-0.1, -0.05) is 29.3 Å². The van der Waals surface area contributed by atoms with Gasteiger partial charge < -0.3 is 10.0 Å². The van der Waals surface area contributed by atoms with Gasteiger partial charge in [-0.3, -0.25) is 9.59 Å². The molecule has 104 valence electrons.